The quantitative estimate of drug-likeness (QED) is 0.110. The Bertz CT molecular complexity index is 7500. The Morgan fingerprint density at radius 2 is 0.271 bits per heavy atom. The number of nitrogens with zero attached hydrogens (tertiary/aromatic N) is 4. The van der Waals surface area contributed by atoms with E-state index in [1.165, 1.54) is 187 Å². The second-order valence-electron chi connectivity index (χ2n) is 30.7. The summed E-state index contributed by atoms with van der Waals surface area (Å²) in [4.78, 5) is 0. The van der Waals surface area contributed by atoms with Gasteiger partial charge in [-0.05, 0) is 203 Å². The van der Waals surface area contributed by atoms with Crippen LogP contribution >= 0.6 is 0 Å². The van der Waals surface area contributed by atoms with Gasteiger partial charge in [0.1, 0.15) is 0 Å². The minimum Gasteiger partial charge on any atom is -0.309 e. The smallest absolute Gasteiger partial charge is 0.0547 e. The minimum absolute atomic E-state index is 1.14. The Hall–Kier alpha value is -15.6. The molecular weight excluding hydrogens is 1430 g/mol. The van der Waals surface area contributed by atoms with Crippen molar-refractivity contribution in [3.8, 4) is 123 Å². The number of hydrogen-bond donors (Lipinski definition) is 0. The molecule has 0 aliphatic carbocycles. The summed E-state index contributed by atoms with van der Waals surface area (Å²) in [5, 5.41) is 9.95. The Balaban J connectivity index is 0.000000143. The van der Waals surface area contributed by atoms with Gasteiger partial charge in [-0.1, -0.05) is 358 Å². The highest BCUT2D eigenvalue weighted by molar-refractivity contribution is 6.15. The molecule has 118 heavy (non-hydrogen) atoms. The van der Waals surface area contributed by atoms with Crippen LogP contribution in [0.5, 0.6) is 0 Å². The molecule has 0 N–H and O–H groups in total. The monoisotopic (exact) mass is 1500 g/mol. The SMILES string of the molecule is c1ccc(-c2ccc(-c3cccc(-n4c5ccccc5c5ccc(-c6ccc7c8ccccc8n(-c8cccc(-c9ccc(-c%10ccccc%10)cc9)c8)c7c6)cc54)c3)cc2)cc1.c1ccc(-c2cccc(-n3c4ccccc4c4ccc(-c5ccc6c7cc(-c8ccccc8)ccc7n(-c7cccc(-c8ccccc8)c7)c6c5)cc43)c2)cc1. The highest BCUT2D eigenvalue weighted by Crippen LogP contribution is 2.44. The third kappa shape index (κ3) is 12.4. The van der Waals surface area contributed by atoms with Gasteiger partial charge in [-0.3, -0.25) is 0 Å². The molecule has 552 valence electrons. The summed E-state index contributed by atoms with van der Waals surface area (Å²) in [5.74, 6) is 0. The molecule has 4 aromatic heterocycles. The van der Waals surface area contributed by atoms with E-state index in [2.05, 4.69) is 479 Å². The molecule has 19 aromatic carbocycles. The van der Waals surface area contributed by atoms with E-state index in [0.29, 0.717) is 0 Å². The summed E-state index contributed by atoms with van der Waals surface area (Å²) in [6.07, 6.45) is 0. The lowest BCUT2D eigenvalue weighted by atomic mass is 10.00. The van der Waals surface area contributed by atoms with Crippen LogP contribution in [0.15, 0.2) is 461 Å². The molecule has 0 bridgehead atoms. The molecule has 0 spiro atoms. The zero-order chi connectivity index (χ0) is 78.0. The van der Waals surface area contributed by atoms with Crippen LogP contribution in [0.4, 0.5) is 0 Å². The topological polar surface area (TPSA) is 19.7 Å². The predicted octanol–water partition coefficient (Wildman–Crippen LogP) is 30.8. The molecule has 4 heterocycles. The van der Waals surface area contributed by atoms with E-state index in [9.17, 15) is 0 Å². The van der Waals surface area contributed by atoms with Crippen molar-refractivity contribution in [3.05, 3.63) is 461 Å². The number of benzene rings is 19. The van der Waals surface area contributed by atoms with Crippen molar-refractivity contribution in [2.75, 3.05) is 0 Å². The van der Waals surface area contributed by atoms with E-state index in [-0.39, 0.29) is 0 Å². The Morgan fingerprint density at radius 1 is 0.0932 bits per heavy atom. The van der Waals surface area contributed by atoms with Crippen molar-refractivity contribution in [2.24, 2.45) is 0 Å². The lowest BCUT2D eigenvalue weighted by Crippen LogP contribution is -1.95. The molecule has 0 saturated carbocycles. The van der Waals surface area contributed by atoms with Crippen molar-refractivity contribution in [3.63, 3.8) is 0 Å². The van der Waals surface area contributed by atoms with E-state index in [1.807, 2.05) is 0 Å². The zero-order valence-electron chi connectivity index (χ0n) is 64.7. The highest BCUT2D eigenvalue weighted by atomic mass is 15.0. The van der Waals surface area contributed by atoms with Crippen molar-refractivity contribution >= 4 is 87.2 Å². The number of para-hydroxylation sites is 3. The average molecular weight is 1500 g/mol. The molecule has 0 radical (unpaired) electrons. The maximum atomic E-state index is 2.44. The van der Waals surface area contributed by atoms with E-state index in [4.69, 9.17) is 0 Å². The number of rotatable bonds is 13. The first-order valence-corrected chi connectivity index (χ1v) is 40.6. The van der Waals surface area contributed by atoms with Crippen LogP contribution in [0.3, 0.4) is 0 Å². The summed E-state index contributed by atoms with van der Waals surface area (Å²) in [6.45, 7) is 0. The predicted molar refractivity (Wildman–Crippen MR) is 499 cm³/mol. The first kappa shape index (κ1) is 69.1. The molecule has 0 atom stereocenters. The zero-order valence-corrected chi connectivity index (χ0v) is 64.7. The molecule has 4 heteroatoms. The number of aromatic nitrogens is 4. The van der Waals surface area contributed by atoms with E-state index in [0.717, 1.165) is 22.7 Å². The third-order valence-corrected chi connectivity index (χ3v) is 23.8. The van der Waals surface area contributed by atoms with Crippen LogP contribution in [-0.4, -0.2) is 18.3 Å². The van der Waals surface area contributed by atoms with E-state index >= 15 is 0 Å². The van der Waals surface area contributed by atoms with E-state index < -0.39 is 0 Å². The molecule has 4 nitrogen and oxygen atoms in total. The molecular formula is C114H76N4. The lowest BCUT2D eigenvalue weighted by molar-refractivity contribution is 1.18. The normalized spacial score (nSPS) is 11.6. The van der Waals surface area contributed by atoms with Crippen molar-refractivity contribution in [1.82, 2.24) is 18.3 Å². The van der Waals surface area contributed by atoms with Crippen LogP contribution in [0.1, 0.15) is 0 Å². The summed E-state index contributed by atoms with van der Waals surface area (Å²) in [5.41, 5.74) is 35.8. The summed E-state index contributed by atoms with van der Waals surface area (Å²) in [7, 11) is 0. The van der Waals surface area contributed by atoms with Crippen molar-refractivity contribution in [2.45, 2.75) is 0 Å². The summed E-state index contributed by atoms with van der Waals surface area (Å²) < 4.78 is 9.74. The van der Waals surface area contributed by atoms with Gasteiger partial charge in [0.25, 0.3) is 0 Å². The van der Waals surface area contributed by atoms with Gasteiger partial charge in [0.05, 0.1) is 44.1 Å². The molecule has 23 aromatic rings. The maximum Gasteiger partial charge on any atom is 0.0547 e. The first-order chi connectivity index (χ1) is 58.5. The second-order valence-corrected chi connectivity index (χ2v) is 30.7. The van der Waals surface area contributed by atoms with Gasteiger partial charge in [0.2, 0.25) is 0 Å². The van der Waals surface area contributed by atoms with Crippen molar-refractivity contribution < 1.29 is 0 Å². The third-order valence-electron chi connectivity index (χ3n) is 23.8. The summed E-state index contributed by atoms with van der Waals surface area (Å²) in [6, 6.07) is 168. The Morgan fingerprint density at radius 3 is 0.559 bits per heavy atom. The Kier molecular flexibility index (Phi) is 17.2. The fourth-order valence-corrected chi connectivity index (χ4v) is 18.1. The maximum absolute atomic E-state index is 2.44. The van der Waals surface area contributed by atoms with Gasteiger partial charge < -0.3 is 18.3 Å². The molecule has 0 unspecified atom stereocenters. The molecule has 0 aliphatic heterocycles. The molecule has 0 aliphatic rings. The minimum atomic E-state index is 1.14. The van der Waals surface area contributed by atoms with Crippen LogP contribution in [-0.2, 0) is 0 Å². The van der Waals surface area contributed by atoms with Crippen LogP contribution in [0, 0.1) is 0 Å². The Labute approximate surface area is 684 Å². The van der Waals surface area contributed by atoms with E-state index in [1.54, 1.807) is 0 Å². The summed E-state index contributed by atoms with van der Waals surface area (Å²) >= 11 is 0. The average Bonchev–Trinajstić information content (AvgIpc) is 1.59. The number of hydrogen-bond acceptors (Lipinski definition) is 0. The molecule has 0 fully saturated rings. The van der Waals surface area contributed by atoms with Gasteiger partial charge in [0.15, 0.2) is 0 Å². The molecule has 0 saturated heterocycles. The number of fused-ring (bicyclic) bond motifs is 12. The van der Waals surface area contributed by atoms with Gasteiger partial charge in [-0.15, -0.1) is 0 Å². The van der Waals surface area contributed by atoms with Gasteiger partial charge in [0, 0.05) is 65.8 Å². The second kappa shape index (κ2) is 29.4. The largest absolute Gasteiger partial charge is 0.309 e. The van der Waals surface area contributed by atoms with Crippen LogP contribution in [0.2, 0.25) is 0 Å². The van der Waals surface area contributed by atoms with Crippen molar-refractivity contribution in [1.29, 1.82) is 0 Å². The van der Waals surface area contributed by atoms with Crippen LogP contribution in [0.25, 0.3) is 210 Å². The van der Waals surface area contributed by atoms with Gasteiger partial charge in [-0.2, -0.15) is 0 Å². The molecule has 0 amide bonds. The lowest BCUT2D eigenvalue weighted by Gasteiger charge is -2.13. The molecule has 23 rings (SSSR count). The van der Waals surface area contributed by atoms with Crippen LogP contribution < -0.4 is 0 Å². The standard InChI is InChI=1S/C60H40N2.C54H36N2/c1-3-13-41(14-4-1)43-25-29-45(30-26-43)47-17-11-19-51(37-47)61-57-23-9-7-21-53(57)55-35-33-49(39-59(55)61)50-34-36-56-54-22-8-10-24-58(54)62(60(56)40-50)52-20-12-18-48(38-52)46-31-27-44(28-32-46)42-15-5-2-6-16-42;1-4-14-37(15-5-1)40-20-12-22-45(32-40)55-51-25-11-10-24-47(51)48-29-26-43(35-53(48)55)44-27-30-49-50-34-42(39-18-8-3-9-19-39)28-31-52(50)56(54(49)36-44)46-23-13-21-41(33-46)38-16-6-2-7-17-38/h1-40H;1-36H. The van der Waals surface area contributed by atoms with Gasteiger partial charge >= 0.3 is 0 Å². The first-order valence-electron chi connectivity index (χ1n) is 40.6. The highest BCUT2D eigenvalue weighted by Gasteiger charge is 2.22. The fourth-order valence-electron chi connectivity index (χ4n) is 18.1. The fraction of sp³-hybridized carbons (Fsp3) is 0. The van der Waals surface area contributed by atoms with Gasteiger partial charge in [-0.25, -0.2) is 0 Å².